The van der Waals surface area contributed by atoms with Crippen LogP contribution in [0.4, 0.5) is 17.3 Å². The largest absolute Gasteiger partial charge is 0.430 e. The molecule has 1 N–H and O–H groups in total. The van der Waals surface area contributed by atoms with Gasteiger partial charge in [0.05, 0.1) is 5.69 Å². The molecule has 0 unspecified atom stereocenters. The Balaban J connectivity index is 2.54. The number of aryl methyl sites for hydroxylation is 1. The Morgan fingerprint density at radius 3 is 2.43 bits per heavy atom. The molecule has 0 aliphatic heterocycles. The lowest BCUT2D eigenvalue weighted by molar-refractivity contribution is -0.395. The van der Waals surface area contributed by atoms with Crippen LogP contribution in [0.3, 0.4) is 0 Å². The van der Waals surface area contributed by atoms with Gasteiger partial charge in [-0.2, -0.15) is 5.10 Å². The third kappa shape index (κ3) is 3.18. The third-order valence-corrected chi connectivity index (χ3v) is 2.79. The van der Waals surface area contributed by atoms with Crippen molar-refractivity contribution in [3.05, 3.63) is 56.1 Å². The molecule has 1 aromatic carbocycles. The van der Waals surface area contributed by atoms with E-state index in [-0.39, 0.29) is 6.29 Å². The fraction of sp³-hybridized carbons (Fsp3) is 0.0833. The number of carbonyl (C=O) groups excluding carboxylic acids is 1. The highest BCUT2D eigenvalue weighted by atomic mass is 16.6. The molecule has 0 fully saturated rings. The molecule has 2 aromatic rings. The zero-order valence-corrected chi connectivity index (χ0v) is 11.7. The minimum Gasteiger partial charge on any atom is -0.358 e. The average molecular weight is 318 g/mol. The summed E-state index contributed by atoms with van der Waals surface area (Å²) >= 11 is 0. The number of hydrogen-bond donors (Lipinski definition) is 1. The summed E-state index contributed by atoms with van der Waals surface area (Å²) in [5.74, 6) is -1.52. The van der Waals surface area contributed by atoms with Gasteiger partial charge in [-0.3, -0.25) is 10.2 Å². The van der Waals surface area contributed by atoms with Crippen LogP contribution in [0, 0.1) is 20.2 Å². The molecule has 118 valence electrons. The molecule has 0 saturated carbocycles. The van der Waals surface area contributed by atoms with Crippen molar-refractivity contribution >= 4 is 29.3 Å². The Labute approximate surface area is 128 Å². The lowest BCUT2D eigenvalue weighted by Crippen LogP contribution is -2.10. The number of carbonyl (C=O) groups is 1. The quantitative estimate of drug-likeness (QED) is 0.365. The van der Waals surface area contributed by atoms with Crippen LogP contribution in [0.25, 0.3) is 0 Å². The first-order valence-corrected chi connectivity index (χ1v) is 6.15. The Morgan fingerprint density at radius 1 is 1.26 bits per heavy atom. The van der Waals surface area contributed by atoms with Gasteiger partial charge >= 0.3 is 11.6 Å². The first-order chi connectivity index (χ1) is 11.0. The maximum Gasteiger partial charge on any atom is 0.430 e. The van der Waals surface area contributed by atoms with Crippen LogP contribution in [0.2, 0.25) is 0 Å². The van der Waals surface area contributed by atoms with Crippen LogP contribution in [-0.2, 0) is 11.8 Å². The van der Waals surface area contributed by atoms with Crippen molar-refractivity contribution in [2.45, 2.75) is 0 Å². The van der Waals surface area contributed by atoms with Gasteiger partial charge in [-0.25, -0.2) is 0 Å². The predicted octanol–water partition coefficient (Wildman–Crippen LogP) is 1.25. The minimum atomic E-state index is -0.913. The SMILES string of the molecule is Cn1nc([N+](=O)[O-])c(/C(C=O)=N/Nc2ccccc2)c1[N+](=O)[O-]. The number of hydrazone groups is 1. The second-order valence-corrected chi connectivity index (χ2v) is 4.25. The van der Waals surface area contributed by atoms with Gasteiger partial charge in [0, 0.05) is 0 Å². The number of rotatable bonds is 6. The molecule has 0 saturated heterocycles. The molecule has 11 heteroatoms. The van der Waals surface area contributed by atoms with Crippen molar-refractivity contribution in [2.24, 2.45) is 12.1 Å². The number of nitro groups is 2. The van der Waals surface area contributed by atoms with Crippen LogP contribution in [0.15, 0.2) is 35.4 Å². The molecule has 2 rings (SSSR count). The van der Waals surface area contributed by atoms with Crippen molar-refractivity contribution < 1.29 is 14.6 Å². The molecule has 0 radical (unpaired) electrons. The fourth-order valence-electron chi connectivity index (χ4n) is 1.85. The zero-order valence-electron chi connectivity index (χ0n) is 11.7. The normalized spacial score (nSPS) is 11.1. The van der Waals surface area contributed by atoms with E-state index in [4.69, 9.17) is 0 Å². The van der Waals surface area contributed by atoms with Crippen LogP contribution in [-0.4, -0.2) is 31.6 Å². The summed E-state index contributed by atoms with van der Waals surface area (Å²) in [6.07, 6.45) is 0.187. The molecule has 0 aliphatic rings. The summed E-state index contributed by atoms with van der Waals surface area (Å²) in [5.41, 5.74) is 1.96. The van der Waals surface area contributed by atoms with E-state index in [1.165, 1.54) is 7.05 Å². The number of nitrogens with one attached hydrogen (secondary N) is 1. The lowest BCUT2D eigenvalue weighted by Gasteiger charge is -2.01. The van der Waals surface area contributed by atoms with Crippen molar-refractivity contribution in [3.8, 4) is 0 Å². The fourth-order valence-corrected chi connectivity index (χ4v) is 1.85. The maximum atomic E-state index is 11.2. The second-order valence-electron chi connectivity index (χ2n) is 4.25. The molecule has 23 heavy (non-hydrogen) atoms. The standard InChI is InChI=1S/C12H10N6O5/c1-16-12(18(22)23)10(11(15-16)17(20)21)9(7-19)14-13-8-5-3-2-4-6-8/h2-7,13H,1H3/b14-9+. The molecular formula is C12H10N6O5. The van der Waals surface area contributed by atoms with E-state index in [0.717, 1.165) is 4.68 Å². The molecule has 11 nitrogen and oxygen atoms in total. The Hall–Kier alpha value is -3.63. The number of benzene rings is 1. The molecule has 1 heterocycles. The van der Waals surface area contributed by atoms with Crippen LogP contribution >= 0.6 is 0 Å². The summed E-state index contributed by atoms with van der Waals surface area (Å²) in [5, 5.41) is 29.3. The van der Waals surface area contributed by atoms with Crippen molar-refractivity contribution in [3.63, 3.8) is 0 Å². The number of aldehydes is 1. The number of aromatic nitrogens is 2. The highest BCUT2D eigenvalue weighted by Gasteiger charge is 2.38. The Kier molecular flexibility index (Phi) is 4.40. The van der Waals surface area contributed by atoms with Gasteiger partial charge in [0.15, 0.2) is 6.29 Å². The van der Waals surface area contributed by atoms with Gasteiger partial charge in [0.25, 0.3) is 0 Å². The third-order valence-electron chi connectivity index (χ3n) is 2.79. The summed E-state index contributed by atoms with van der Waals surface area (Å²) in [7, 11) is 1.17. The molecule has 1 aromatic heterocycles. The monoisotopic (exact) mass is 318 g/mol. The highest BCUT2D eigenvalue weighted by Crippen LogP contribution is 2.27. The van der Waals surface area contributed by atoms with Gasteiger partial charge in [0.1, 0.15) is 17.9 Å². The van der Waals surface area contributed by atoms with Crippen molar-refractivity contribution in [2.75, 3.05) is 5.43 Å². The highest BCUT2D eigenvalue weighted by molar-refractivity contribution is 6.38. The smallest absolute Gasteiger partial charge is 0.358 e. The summed E-state index contributed by atoms with van der Waals surface area (Å²) < 4.78 is 0.717. The second kappa shape index (κ2) is 6.43. The topological polar surface area (TPSA) is 146 Å². The number of anilines is 1. The minimum absolute atomic E-state index is 0.187. The van der Waals surface area contributed by atoms with E-state index in [1.807, 2.05) is 0 Å². The van der Waals surface area contributed by atoms with Crippen LogP contribution < -0.4 is 5.43 Å². The van der Waals surface area contributed by atoms with Gasteiger partial charge in [-0.1, -0.05) is 18.2 Å². The van der Waals surface area contributed by atoms with E-state index in [1.54, 1.807) is 30.3 Å². The maximum absolute atomic E-state index is 11.2. The molecule has 0 amide bonds. The van der Waals surface area contributed by atoms with E-state index in [2.05, 4.69) is 15.6 Å². The first kappa shape index (κ1) is 15.8. The van der Waals surface area contributed by atoms with E-state index in [0.29, 0.717) is 5.69 Å². The molecule has 0 spiro atoms. The molecule has 0 aliphatic carbocycles. The molecule has 0 bridgehead atoms. The van der Waals surface area contributed by atoms with Crippen molar-refractivity contribution in [1.29, 1.82) is 0 Å². The number of para-hydroxylation sites is 1. The number of nitrogens with zero attached hydrogens (tertiary/aromatic N) is 5. The zero-order chi connectivity index (χ0) is 17.0. The lowest BCUT2D eigenvalue weighted by atomic mass is 10.2. The predicted molar refractivity (Wildman–Crippen MR) is 79.2 cm³/mol. The van der Waals surface area contributed by atoms with Crippen molar-refractivity contribution in [1.82, 2.24) is 9.78 Å². The summed E-state index contributed by atoms with van der Waals surface area (Å²) in [6.45, 7) is 0. The number of hydrogen-bond acceptors (Lipinski definition) is 8. The van der Waals surface area contributed by atoms with Gasteiger partial charge in [0.2, 0.25) is 5.56 Å². The first-order valence-electron chi connectivity index (χ1n) is 6.15. The van der Waals surface area contributed by atoms with Gasteiger partial charge in [-0.15, -0.1) is 0 Å². The summed E-state index contributed by atoms with van der Waals surface area (Å²) in [6, 6.07) is 8.43. The van der Waals surface area contributed by atoms with E-state index in [9.17, 15) is 25.0 Å². The van der Waals surface area contributed by atoms with E-state index >= 15 is 0 Å². The van der Waals surface area contributed by atoms with Gasteiger partial charge < -0.3 is 20.2 Å². The Morgan fingerprint density at radius 2 is 1.91 bits per heavy atom. The van der Waals surface area contributed by atoms with Crippen LogP contribution in [0.5, 0.6) is 0 Å². The van der Waals surface area contributed by atoms with Gasteiger partial charge in [-0.05, 0) is 26.7 Å². The Bertz CT molecular complexity index is 798. The molecular weight excluding hydrogens is 308 g/mol. The van der Waals surface area contributed by atoms with E-state index < -0.39 is 32.8 Å². The average Bonchev–Trinajstić information content (AvgIpc) is 2.87. The summed E-state index contributed by atoms with van der Waals surface area (Å²) in [4.78, 5) is 31.6. The molecule has 0 atom stereocenters. The van der Waals surface area contributed by atoms with Crippen LogP contribution in [0.1, 0.15) is 5.56 Å².